The van der Waals surface area contributed by atoms with Crippen LogP contribution in [0.15, 0.2) is 76.7 Å². The zero-order valence-electron chi connectivity index (χ0n) is 22.8. The first-order valence-electron chi connectivity index (χ1n) is 13.5. The molecule has 0 aliphatic carbocycles. The Kier molecular flexibility index (Phi) is 8.69. The molecule has 0 atom stereocenters. The number of amides is 2. The van der Waals surface area contributed by atoms with E-state index in [4.69, 9.17) is 14.2 Å². The third kappa shape index (κ3) is 6.60. The second-order valence-electron chi connectivity index (χ2n) is 9.62. The molecule has 1 aliphatic rings. The number of aromatic nitrogens is 2. The zero-order chi connectivity index (χ0) is 28.8. The molecule has 5 rings (SSSR count). The van der Waals surface area contributed by atoms with Gasteiger partial charge in [-0.3, -0.25) is 9.59 Å². The van der Waals surface area contributed by atoms with Crippen LogP contribution in [0.2, 0.25) is 0 Å². The highest BCUT2D eigenvalue weighted by Crippen LogP contribution is 2.38. The molecule has 4 aromatic rings. The fourth-order valence-electron chi connectivity index (χ4n) is 4.74. The van der Waals surface area contributed by atoms with Gasteiger partial charge in [0.1, 0.15) is 11.5 Å². The minimum Gasteiger partial charge on any atom is -0.462 e. The summed E-state index contributed by atoms with van der Waals surface area (Å²) in [4.78, 5) is 43.5. The number of hydrogen-bond acceptors (Lipinski definition) is 8. The van der Waals surface area contributed by atoms with E-state index in [0.29, 0.717) is 30.9 Å². The van der Waals surface area contributed by atoms with E-state index in [1.807, 2.05) is 42.6 Å². The molecule has 210 valence electrons. The summed E-state index contributed by atoms with van der Waals surface area (Å²) in [5.41, 5.74) is 4.44. The maximum Gasteiger partial charge on any atom is 0.338 e. The SMILES string of the molecule is CCOC(=O)c1ccc(NC(=O)C=CC(=O)N2CCC(c3nc(-c4c(-c5ccccc5)noc4C)cs3)CC2)cc1. The minimum absolute atomic E-state index is 0.205. The van der Waals surface area contributed by atoms with E-state index in [1.165, 1.54) is 12.2 Å². The number of piperidine rings is 1. The minimum atomic E-state index is -0.425. The highest BCUT2D eigenvalue weighted by atomic mass is 32.1. The van der Waals surface area contributed by atoms with Crippen molar-refractivity contribution in [2.75, 3.05) is 25.0 Å². The van der Waals surface area contributed by atoms with Gasteiger partial charge in [-0.2, -0.15) is 0 Å². The summed E-state index contributed by atoms with van der Waals surface area (Å²) in [6.45, 7) is 5.09. The van der Waals surface area contributed by atoms with Crippen LogP contribution in [0.1, 0.15) is 46.8 Å². The number of thiazole rings is 1. The number of esters is 1. The van der Waals surface area contributed by atoms with Crippen LogP contribution in [0.25, 0.3) is 22.5 Å². The maximum atomic E-state index is 12.7. The molecule has 0 unspecified atom stereocenters. The Bertz CT molecular complexity index is 1550. The first-order valence-corrected chi connectivity index (χ1v) is 14.3. The van der Waals surface area contributed by atoms with Crippen molar-refractivity contribution in [1.82, 2.24) is 15.0 Å². The lowest BCUT2D eigenvalue weighted by Crippen LogP contribution is -2.37. The van der Waals surface area contributed by atoms with Gasteiger partial charge < -0.3 is 19.5 Å². The second kappa shape index (κ2) is 12.7. The van der Waals surface area contributed by atoms with E-state index < -0.39 is 11.9 Å². The summed E-state index contributed by atoms with van der Waals surface area (Å²) in [5.74, 6) is -0.0684. The zero-order valence-corrected chi connectivity index (χ0v) is 23.6. The first-order chi connectivity index (χ1) is 19.9. The Morgan fingerprint density at radius 2 is 1.80 bits per heavy atom. The number of nitrogens with one attached hydrogen (secondary N) is 1. The average Bonchev–Trinajstić information content (AvgIpc) is 3.63. The number of likely N-dealkylation sites (tertiary alicyclic amines) is 1. The number of anilines is 1. The van der Waals surface area contributed by atoms with Crippen molar-refractivity contribution >= 4 is 34.8 Å². The van der Waals surface area contributed by atoms with Gasteiger partial charge in [0.05, 0.1) is 28.4 Å². The van der Waals surface area contributed by atoms with Gasteiger partial charge in [0, 0.05) is 47.8 Å². The monoisotopic (exact) mass is 570 g/mol. The van der Waals surface area contributed by atoms with Crippen LogP contribution in [0.3, 0.4) is 0 Å². The van der Waals surface area contributed by atoms with Gasteiger partial charge in [0.15, 0.2) is 0 Å². The van der Waals surface area contributed by atoms with Gasteiger partial charge in [-0.25, -0.2) is 9.78 Å². The largest absolute Gasteiger partial charge is 0.462 e. The molecule has 1 aliphatic heterocycles. The smallest absolute Gasteiger partial charge is 0.338 e. The normalized spacial score (nSPS) is 13.9. The number of carbonyl (C=O) groups is 3. The molecule has 2 amide bonds. The molecule has 3 heterocycles. The van der Waals surface area contributed by atoms with Crippen LogP contribution >= 0.6 is 11.3 Å². The molecule has 41 heavy (non-hydrogen) atoms. The molecule has 0 bridgehead atoms. The fraction of sp³-hybridized carbons (Fsp3) is 0.258. The van der Waals surface area contributed by atoms with Gasteiger partial charge in [0.25, 0.3) is 0 Å². The lowest BCUT2D eigenvalue weighted by Gasteiger charge is -2.30. The lowest BCUT2D eigenvalue weighted by molar-refractivity contribution is -0.127. The number of ether oxygens (including phenoxy) is 1. The van der Waals surface area contributed by atoms with Gasteiger partial charge in [-0.1, -0.05) is 35.5 Å². The van der Waals surface area contributed by atoms with Crippen LogP contribution in [-0.4, -0.2) is 52.5 Å². The molecule has 0 spiro atoms. The van der Waals surface area contributed by atoms with Crippen molar-refractivity contribution in [3.63, 3.8) is 0 Å². The molecule has 2 aromatic carbocycles. The molecular weight excluding hydrogens is 540 g/mol. The van der Waals surface area contributed by atoms with E-state index in [2.05, 4.69) is 10.5 Å². The van der Waals surface area contributed by atoms with Crippen molar-refractivity contribution in [1.29, 1.82) is 0 Å². The summed E-state index contributed by atoms with van der Waals surface area (Å²) in [5, 5.41) is 10.1. The molecule has 1 fully saturated rings. The first kappa shape index (κ1) is 28.0. The van der Waals surface area contributed by atoms with Crippen molar-refractivity contribution in [2.45, 2.75) is 32.6 Å². The number of aryl methyl sites for hydroxylation is 1. The summed E-state index contributed by atoms with van der Waals surface area (Å²) >= 11 is 1.62. The van der Waals surface area contributed by atoms with Crippen molar-refractivity contribution in [2.24, 2.45) is 0 Å². The standard InChI is InChI=1S/C31H30N4O5S/c1-3-39-31(38)23-9-11-24(12-10-23)32-26(36)13-14-27(37)35-17-15-22(16-18-35)30-33-25(19-41-30)28-20(2)40-34-29(28)21-7-5-4-6-8-21/h4-14,19,22H,3,15-18H2,1-2H3,(H,32,36). The van der Waals surface area contributed by atoms with Crippen LogP contribution in [-0.2, 0) is 14.3 Å². The molecular formula is C31H30N4O5S. The fourth-order valence-corrected chi connectivity index (χ4v) is 5.73. The molecule has 2 aromatic heterocycles. The summed E-state index contributed by atoms with van der Waals surface area (Å²) in [6.07, 6.45) is 4.11. The lowest BCUT2D eigenvalue weighted by atomic mass is 9.97. The average molecular weight is 571 g/mol. The number of rotatable bonds is 8. The molecule has 0 saturated carbocycles. The quantitative estimate of drug-likeness (QED) is 0.209. The Balaban J connectivity index is 1.14. The molecule has 10 heteroatoms. The molecule has 1 saturated heterocycles. The molecule has 1 N–H and O–H groups in total. The van der Waals surface area contributed by atoms with Gasteiger partial charge in [-0.15, -0.1) is 11.3 Å². The summed E-state index contributed by atoms with van der Waals surface area (Å²) < 4.78 is 10.5. The molecule has 0 radical (unpaired) electrons. The highest BCUT2D eigenvalue weighted by molar-refractivity contribution is 7.10. The Morgan fingerprint density at radius 1 is 1.07 bits per heavy atom. The van der Waals surface area contributed by atoms with Crippen molar-refractivity contribution in [3.05, 3.63) is 88.5 Å². The third-order valence-corrected chi connectivity index (χ3v) is 7.89. The predicted octanol–water partition coefficient (Wildman–Crippen LogP) is 5.85. The van der Waals surface area contributed by atoms with Gasteiger partial charge >= 0.3 is 5.97 Å². The van der Waals surface area contributed by atoms with Crippen LogP contribution < -0.4 is 5.32 Å². The maximum absolute atomic E-state index is 12.7. The van der Waals surface area contributed by atoms with Crippen LogP contribution in [0.5, 0.6) is 0 Å². The van der Waals surface area contributed by atoms with E-state index in [9.17, 15) is 14.4 Å². The van der Waals surface area contributed by atoms with Gasteiger partial charge in [-0.05, 0) is 51.0 Å². The third-order valence-electron chi connectivity index (χ3n) is 6.88. The molecule has 9 nitrogen and oxygen atoms in total. The second-order valence-corrected chi connectivity index (χ2v) is 10.5. The van der Waals surface area contributed by atoms with Crippen molar-refractivity contribution < 1.29 is 23.6 Å². The van der Waals surface area contributed by atoms with Crippen LogP contribution in [0.4, 0.5) is 5.69 Å². The number of hydrogen-bond donors (Lipinski definition) is 1. The van der Waals surface area contributed by atoms with Crippen molar-refractivity contribution in [3.8, 4) is 22.5 Å². The number of nitrogens with zero attached hydrogens (tertiary/aromatic N) is 3. The van der Waals surface area contributed by atoms with E-state index >= 15 is 0 Å². The Morgan fingerprint density at radius 3 is 2.51 bits per heavy atom. The highest BCUT2D eigenvalue weighted by Gasteiger charge is 2.26. The number of carbonyl (C=O) groups excluding carboxylic acids is 3. The Labute approximate surface area is 241 Å². The topological polar surface area (TPSA) is 115 Å². The van der Waals surface area contributed by atoms with E-state index in [1.54, 1.807) is 47.4 Å². The van der Waals surface area contributed by atoms with E-state index in [0.717, 1.165) is 46.1 Å². The number of benzene rings is 2. The van der Waals surface area contributed by atoms with Gasteiger partial charge in [0.2, 0.25) is 11.8 Å². The predicted molar refractivity (Wildman–Crippen MR) is 157 cm³/mol. The Hall–Kier alpha value is -4.57. The van der Waals surface area contributed by atoms with E-state index in [-0.39, 0.29) is 11.8 Å². The van der Waals surface area contributed by atoms with Crippen LogP contribution in [0, 0.1) is 6.92 Å². The summed E-state index contributed by atoms with van der Waals surface area (Å²) in [7, 11) is 0. The summed E-state index contributed by atoms with van der Waals surface area (Å²) in [6, 6.07) is 16.3.